The molecule has 4 unspecified atom stereocenters. The molecule has 2 saturated heterocycles. The molecule has 1 saturated carbocycles. The van der Waals surface area contributed by atoms with Crippen LogP contribution < -0.4 is 10.5 Å². The van der Waals surface area contributed by atoms with E-state index in [0.29, 0.717) is 11.2 Å². The molecule has 3 aliphatic rings. The Labute approximate surface area is 162 Å². The summed E-state index contributed by atoms with van der Waals surface area (Å²) in [6.45, 7) is 3.52. The first-order valence-electron chi connectivity index (χ1n) is 9.74. The van der Waals surface area contributed by atoms with Gasteiger partial charge in [-0.05, 0) is 39.5 Å². The van der Waals surface area contributed by atoms with Crippen LogP contribution in [0.4, 0.5) is 5.82 Å². The molecule has 2 aromatic heterocycles. The summed E-state index contributed by atoms with van der Waals surface area (Å²) in [6, 6.07) is 0.246. The third-order valence-electron chi connectivity index (χ3n) is 5.58. The summed E-state index contributed by atoms with van der Waals surface area (Å²) in [4.78, 5) is 13.2. The molecule has 10 nitrogen and oxygen atoms in total. The van der Waals surface area contributed by atoms with Crippen LogP contribution in [0.25, 0.3) is 11.2 Å². The molecule has 2 aromatic rings. The summed E-state index contributed by atoms with van der Waals surface area (Å²) in [5, 5.41) is 9.71. The van der Waals surface area contributed by atoms with E-state index in [0.717, 1.165) is 25.7 Å². The van der Waals surface area contributed by atoms with Crippen LogP contribution in [0, 0.1) is 0 Å². The average molecular weight is 391 g/mol. The molecule has 3 N–H and O–H groups in total. The third kappa shape index (κ3) is 2.91. The fraction of sp³-hybridized carbons (Fsp3) is 0.722. The van der Waals surface area contributed by atoms with Crippen molar-refractivity contribution in [2.45, 2.75) is 76.0 Å². The molecule has 0 amide bonds. The van der Waals surface area contributed by atoms with E-state index >= 15 is 0 Å². The number of nitrogen functional groups attached to an aromatic ring is 1. The molecule has 152 valence electrons. The number of aliphatic hydroxyl groups is 1. The highest BCUT2D eigenvalue weighted by Crippen LogP contribution is 2.43. The number of hydrogen-bond acceptors (Lipinski definition) is 9. The van der Waals surface area contributed by atoms with Crippen molar-refractivity contribution in [1.82, 2.24) is 19.5 Å². The van der Waals surface area contributed by atoms with Gasteiger partial charge in [0.25, 0.3) is 0 Å². The van der Waals surface area contributed by atoms with Gasteiger partial charge in [-0.25, -0.2) is 4.98 Å². The molecule has 4 atom stereocenters. The van der Waals surface area contributed by atoms with Crippen LogP contribution in [0.1, 0.15) is 45.8 Å². The number of nitrogens with zero attached hydrogens (tertiary/aromatic N) is 4. The average Bonchev–Trinajstić information content (AvgIpc) is 3.39. The first-order chi connectivity index (χ1) is 13.4. The maximum atomic E-state index is 9.71. The summed E-state index contributed by atoms with van der Waals surface area (Å²) in [5.74, 6) is -0.500. The molecule has 0 spiro atoms. The van der Waals surface area contributed by atoms with Crippen LogP contribution in [0.5, 0.6) is 6.01 Å². The fourth-order valence-corrected chi connectivity index (χ4v) is 4.34. The highest BCUT2D eigenvalue weighted by molar-refractivity contribution is 5.82. The number of aliphatic hydroxyl groups excluding tert-OH is 1. The zero-order valence-corrected chi connectivity index (χ0v) is 15.9. The Balaban J connectivity index is 1.51. The molecule has 5 rings (SSSR count). The first-order valence-corrected chi connectivity index (χ1v) is 9.74. The first kappa shape index (κ1) is 18.0. The minimum Gasteiger partial charge on any atom is -0.460 e. The number of fused-ring (bicyclic) bond motifs is 2. The van der Waals surface area contributed by atoms with Gasteiger partial charge in [0.05, 0.1) is 12.9 Å². The molecule has 10 heteroatoms. The number of rotatable bonds is 4. The molecule has 0 aromatic carbocycles. The van der Waals surface area contributed by atoms with Gasteiger partial charge in [-0.1, -0.05) is 0 Å². The Morgan fingerprint density at radius 1 is 1.25 bits per heavy atom. The van der Waals surface area contributed by atoms with Crippen LogP contribution in [0.15, 0.2) is 6.33 Å². The van der Waals surface area contributed by atoms with Crippen molar-refractivity contribution in [3.63, 3.8) is 0 Å². The second-order valence-corrected chi connectivity index (χ2v) is 8.05. The lowest BCUT2D eigenvalue weighted by molar-refractivity contribution is -0.199. The van der Waals surface area contributed by atoms with Gasteiger partial charge < -0.3 is 29.8 Å². The van der Waals surface area contributed by atoms with Crippen LogP contribution >= 0.6 is 0 Å². The maximum Gasteiger partial charge on any atom is 0.320 e. The van der Waals surface area contributed by atoms with Crippen molar-refractivity contribution in [3.8, 4) is 6.01 Å². The zero-order valence-electron chi connectivity index (χ0n) is 15.9. The molecule has 0 bridgehead atoms. The van der Waals surface area contributed by atoms with Gasteiger partial charge in [0.1, 0.15) is 24.4 Å². The monoisotopic (exact) mass is 391 g/mol. The number of nitrogens with two attached hydrogens (primary N) is 1. The minimum atomic E-state index is -0.758. The van der Waals surface area contributed by atoms with Crippen LogP contribution in [-0.4, -0.2) is 61.4 Å². The van der Waals surface area contributed by atoms with Crippen LogP contribution in [0.3, 0.4) is 0 Å². The van der Waals surface area contributed by atoms with E-state index in [-0.39, 0.29) is 30.6 Å². The van der Waals surface area contributed by atoms with Gasteiger partial charge in [-0.15, -0.1) is 0 Å². The van der Waals surface area contributed by atoms with Crippen molar-refractivity contribution in [3.05, 3.63) is 6.33 Å². The molecule has 3 fully saturated rings. The molecular formula is C18H25N5O5. The van der Waals surface area contributed by atoms with E-state index in [2.05, 4.69) is 15.0 Å². The predicted molar refractivity (Wildman–Crippen MR) is 97.4 cm³/mol. The number of imidazole rings is 1. The van der Waals surface area contributed by atoms with Gasteiger partial charge in [0.2, 0.25) is 0 Å². The Morgan fingerprint density at radius 2 is 2.00 bits per heavy atom. The van der Waals surface area contributed by atoms with Crippen molar-refractivity contribution in [1.29, 1.82) is 0 Å². The quantitative estimate of drug-likeness (QED) is 0.788. The molecule has 28 heavy (non-hydrogen) atoms. The number of aromatic nitrogens is 4. The van der Waals surface area contributed by atoms with E-state index in [1.807, 2.05) is 13.8 Å². The summed E-state index contributed by atoms with van der Waals surface area (Å²) >= 11 is 0. The van der Waals surface area contributed by atoms with Crippen molar-refractivity contribution >= 4 is 17.0 Å². The van der Waals surface area contributed by atoms with Gasteiger partial charge in [0.15, 0.2) is 29.0 Å². The van der Waals surface area contributed by atoms with Crippen molar-refractivity contribution in [2.75, 3.05) is 12.3 Å². The topological polar surface area (TPSA) is 127 Å². The summed E-state index contributed by atoms with van der Waals surface area (Å²) < 4.78 is 25.7. The molecule has 2 aliphatic heterocycles. The fourth-order valence-electron chi connectivity index (χ4n) is 4.34. The summed E-state index contributed by atoms with van der Waals surface area (Å²) in [5.41, 5.74) is 7.09. The second kappa shape index (κ2) is 6.51. The Kier molecular flexibility index (Phi) is 4.20. The van der Waals surface area contributed by atoms with E-state index in [1.54, 1.807) is 10.9 Å². The van der Waals surface area contributed by atoms with E-state index in [4.69, 9.17) is 24.7 Å². The number of ether oxygens (including phenoxy) is 4. The van der Waals surface area contributed by atoms with Crippen LogP contribution in [0.2, 0.25) is 0 Å². The van der Waals surface area contributed by atoms with Gasteiger partial charge in [-0.2, -0.15) is 9.97 Å². The highest BCUT2D eigenvalue weighted by atomic mass is 16.8. The lowest BCUT2D eigenvalue weighted by Gasteiger charge is -2.24. The van der Waals surface area contributed by atoms with Crippen LogP contribution in [-0.2, 0) is 14.2 Å². The van der Waals surface area contributed by atoms with Gasteiger partial charge in [-0.3, -0.25) is 4.57 Å². The Bertz CT molecular complexity index is 881. The normalized spacial score (nSPS) is 32.2. The molecule has 4 heterocycles. The predicted octanol–water partition coefficient (Wildman–Crippen LogP) is 1.14. The van der Waals surface area contributed by atoms with E-state index < -0.39 is 24.2 Å². The lowest BCUT2D eigenvalue weighted by atomic mass is 10.1. The largest absolute Gasteiger partial charge is 0.460 e. The Morgan fingerprint density at radius 3 is 2.75 bits per heavy atom. The molecule has 1 aliphatic carbocycles. The van der Waals surface area contributed by atoms with Crippen molar-refractivity contribution < 1.29 is 24.1 Å². The summed E-state index contributed by atoms with van der Waals surface area (Å²) in [6.07, 6.45) is 4.17. The standard InChI is InChI=1S/C18H25N5O5/c1-18(2)27-12-10(7-24)26-16(13(12)28-18)23-8-20-11-14(19)21-17(22-15(11)23)25-9-5-3-4-6-9/h8-10,12-13,16,24H,3-7H2,1-2H3,(H2,19,21,22). The van der Waals surface area contributed by atoms with Crippen molar-refractivity contribution in [2.24, 2.45) is 0 Å². The zero-order chi connectivity index (χ0) is 19.5. The molecule has 0 radical (unpaired) electrons. The second-order valence-electron chi connectivity index (χ2n) is 8.05. The number of anilines is 1. The highest BCUT2D eigenvalue weighted by Gasteiger charge is 2.56. The van der Waals surface area contributed by atoms with E-state index in [1.165, 1.54) is 0 Å². The summed E-state index contributed by atoms with van der Waals surface area (Å²) in [7, 11) is 0. The molecular weight excluding hydrogens is 366 g/mol. The smallest absolute Gasteiger partial charge is 0.320 e. The third-order valence-corrected chi connectivity index (χ3v) is 5.58. The minimum absolute atomic E-state index is 0.117. The van der Waals surface area contributed by atoms with E-state index in [9.17, 15) is 5.11 Å². The SMILES string of the molecule is CC1(C)OC2C(CO)OC(n3cnc4c(N)nc(OC5CCCC5)nc43)C2O1. The number of hydrogen-bond donors (Lipinski definition) is 2. The lowest BCUT2D eigenvalue weighted by Crippen LogP contribution is -2.31. The maximum absolute atomic E-state index is 9.71. The Hall–Kier alpha value is -2.01. The van der Waals surface area contributed by atoms with Gasteiger partial charge >= 0.3 is 6.01 Å². The van der Waals surface area contributed by atoms with Gasteiger partial charge in [0, 0.05) is 0 Å².